The van der Waals surface area contributed by atoms with Gasteiger partial charge < -0.3 is 4.52 Å². The van der Waals surface area contributed by atoms with Gasteiger partial charge in [-0.25, -0.2) is 4.57 Å². The Labute approximate surface area is 163 Å². The SMILES string of the molecule is C/C(=C(/OP(=O)(O)O)Sc1ccc(C)cc1)c1ccc2cc(C)ccc2c1. The van der Waals surface area contributed by atoms with Crippen molar-refractivity contribution in [3.05, 3.63) is 82.4 Å². The van der Waals surface area contributed by atoms with Crippen LogP contribution in [-0.2, 0) is 9.09 Å². The van der Waals surface area contributed by atoms with Crippen molar-refractivity contribution in [3.63, 3.8) is 0 Å². The molecule has 0 aromatic heterocycles. The van der Waals surface area contributed by atoms with E-state index < -0.39 is 7.82 Å². The summed E-state index contributed by atoms with van der Waals surface area (Å²) < 4.78 is 16.5. The summed E-state index contributed by atoms with van der Waals surface area (Å²) in [6.07, 6.45) is 0. The Morgan fingerprint density at radius 3 is 2.15 bits per heavy atom. The fourth-order valence-electron chi connectivity index (χ4n) is 2.70. The third-order valence-electron chi connectivity index (χ3n) is 4.17. The molecule has 0 heterocycles. The van der Waals surface area contributed by atoms with Crippen molar-refractivity contribution < 1.29 is 18.9 Å². The Bertz CT molecular complexity index is 1050. The first-order valence-electron chi connectivity index (χ1n) is 8.42. The van der Waals surface area contributed by atoms with Gasteiger partial charge in [0, 0.05) is 10.5 Å². The van der Waals surface area contributed by atoms with Crippen molar-refractivity contribution in [1.29, 1.82) is 0 Å². The monoisotopic (exact) mass is 400 g/mol. The Morgan fingerprint density at radius 2 is 1.48 bits per heavy atom. The lowest BCUT2D eigenvalue weighted by Gasteiger charge is -2.15. The zero-order chi connectivity index (χ0) is 19.6. The van der Waals surface area contributed by atoms with Gasteiger partial charge in [0.2, 0.25) is 0 Å². The summed E-state index contributed by atoms with van der Waals surface area (Å²) in [5.74, 6) is 0. The Hall–Kier alpha value is -2.04. The second-order valence-corrected chi connectivity index (χ2v) is 8.68. The minimum atomic E-state index is -4.68. The minimum absolute atomic E-state index is 0.193. The largest absolute Gasteiger partial charge is 0.525 e. The first kappa shape index (κ1) is 19.7. The van der Waals surface area contributed by atoms with E-state index in [9.17, 15) is 14.4 Å². The normalized spacial score (nSPS) is 12.8. The Morgan fingerprint density at radius 1 is 0.889 bits per heavy atom. The van der Waals surface area contributed by atoms with Crippen LogP contribution >= 0.6 is 19.6 Å². The first-order valence-corrected chi connectivity index (χ1v) is 10.8. The van der Waals surface area contributed by atoms with E-state index in [4.69, 9.17) is 4.52 Å². The molecule has 3 aromatic rings. The zero-order valence-electron chi connectivity index (χ0n) is 15.3. The molecule has 4 nitrogen and oxygen atoms in total. The van der Waals surface area contributed by atoms with Crippen LogP contribution in [0.4, 0.5) is 0 Å². The van der Waals surface area contributed by atoms with Gasteiger partial charge in [0.1, 0.15) is 0 Å². The number of aryl methyl sites for hydroxylation is 2. The van der Waals surface area contributed by atoms with Gasteiger partial charge in [0.05, 0.1) is 0 Å². The van der Waals surface area contributed by atoms with Crippen LogP contribution in [-0.4, -0.2) is 9.79 Å². The number of hydrogen-bond donors (Lipinski definition) is 2. The number of thioether (sulfide) groups is 1. The number of hydrogen-bond acceptors (Lipinski definition) is 3. The molecule has 6 heteroatoms. The molecule has 0 saturated heterocycles. The third kappa shape index (κ3) is 5.24. The number of phosphoric acid groups is 1. The lowest BCUT2D eigenvalue weighted by molar-refractivity contribution is 0.254. The predicted octanol–water partition coefficient (Wildman–Crippen LogP) is 6.05. The molecule has 27 heavy (non-hydrogen) atoms. The summed E-state index contributed by atoms with van der Waals surface area (Å²) in [7, 11) is -4.68. The van der Waals surface area contributed by atoms with E-state index in [0.717, 1.165) is 26.8 Å². The van der Waals surface area contributed by atoms with Gasteiger partial charge in [-0.3, -0.25) is 9.79 Å². The highest BCUT2D eigenvalue weighted by atomic mass is 32.2. The van der Waals surface area contributed by atoms with Gasteiger partial charge in [-0.05, 0) is 55.3 Å². The second kappa shape index (κ2) is 7.91. The minimum Gasteiger partial charge on any atom is -0.397 e. The maximum atomic E-state index is 11.5. The Balaban J connectivity index is 2.04. The van der Waals surface area contributed by atoms with Crippen molar-refractivity contribution in [2.45, 2.75) is 25.7 Å². The third-order valence-corrected chi connectivity index (χ3v) is 5.80. The maximum absolute atomic E-state index is 11.5. The van der Waals surface area contributed by atoms with Gasteiger partial charge in [-0.2, -0.15) is 0 Å². The number of allylic oxidation sites excluding steroid dienone is 1. The molecule has 0 aliphatic heterocycles. The highest BCUT2D eigenvalue weighted by Crippen LogP contribution is 2.46. The summed E-state index contributed by atoms with van der Waals surface area (Å²) in [4.78, 5) is 19.5. The molecule has 0 aliphatic rings. The van der Waals surface area contributed by atoms with E-state index in [1.807, 2.05) is 75.4 Å². The highest BCUT2D eigenvalue weighted by Gasteiger charge is 2.21. The van der Waals surface area contributed by atoms with E-state index in [0.29, 0.717) is 5.57 Å². The fourth-order valence-corrected chi connectivity index (χ4v) is 4.25. The smallest absolute Gasteiger partial charge is 0.397 e. The lowest BCUT2D eigenvalue weighted by Crippen LogP contribution is -1.92. The van der Waals surface area contributed by atoms with Crippen LogP contribution in [0.5, 0.6) is 0 Å². The van der Waals surface area contributed by atoms with Crippen LogP contribution in [0, 0.1) is 13.8 Å². The summed E-state index contributed by atoms with van der Waals surface area (Å²) >= 11 is 1.20. The maximum Gasteiger partial charge on any atom is 0.525 e. The molecule has 2 N–H and O–H groups in total. The van der Waals surface area contributed by atoms with E-state index in [1.165, 1.54) is 17.3 Å². The van der Waals surface area contributed by atoms with Crippen LogP contribution in [0.2, 0.25) is 0 Å². The standard InChI is InChI=1S/C21H21O4PS/c1-14-5-10-20(11-6-14)27-21(25-26(22,23)24)16(3)17-8-9-18-12-15(2)4-7-19(18)13-17/h4-13H,1-3H3,(H2,22,23,24)/b21-16+. The lowest BCUT2D eigenvalue weighted by atomic mass is 10.0. The average Bonchev–Trinajstić information content (AvgIpc) is 2.61. The molecule has 0 saturated carbocycles. The first-order chi connectivity index (χ1) is 12.7. The van der Waals surface area contributed by atoms with Gasteiger partial charge in [-0.1, -0.05) is 65.4 Å². The summed E-state index contributed by atoms with van der Waals surface area (Å²) in [6.45, 7) is 5.84. The van der Waals surface area contributed by atoms with Crippen molar-refractivity contribution in [1.82, 2.24) is 0 Å². The van der Waals surface area contributed by atoms with Crippen molar-refractivity contribution in [2.75, 3.05) is 0 Å². The van der Waals surface area contributed by atoms with E-state index in [1.54, 1.807) is 0 Å². The van der Waals surface area contributed by atoms with E-state index in [-0.39, 0.29) is 5.09 Å². The summed E-state index contributed by atoms with van der Waals surface area (Å²) in [6, 6.07) is 19.8. The van der Waals surface area contributed by atoms with Crippen molar-refractivity contribution in [2.24, 2.45) is 0 Å². The van der Waals surface area contributed by atoms with Crippen LogP contribution in [0.15, 0.2) is 70.7 Å². The van der Waals surface area contributed by atoms with Crippen molar-refractivity contribution >= 4 is 35.9 Å². The molecule has 0 amide bonds. The summed E-state index contributed by atoms with van der Waals surface area (Å²) in [5, 5.41) is 2.38. The second-order valence-electron chi connectivity index (χ2n) is 6.47. The average molecular weight is 400 g/mol. The Kier molecular flexibility index (Phi) is 5.78. The van der Waals surface area contributed by atoms with E-state index >= 15 is 0 Å². The molecule has 0 aliphatic carbocycles. The topological polar surface area (TPSA) is 66.8 Å². The molecular formula is C21H21O4PS. The van der Waals surface area contributed by atoms with Crippen LogP contribution < -0.4 is 0 Å². The fraction of sp³-hybridized carbons (Fsp3) is 0.143. The van der Waals surface area contributed by atoms with E-state index in [2.05, 4.69) is 6.07 Å². The molecule has 0 radical (unpaired) electrons. The molecule has 0 atom stereocenters. The molecule has 0 spiro atoms. The number of fused-ring (bicyclic) bond motifs is 1. The number of phosphoric ester groups is 1. The van der Waals surface area contributed by atoms with Crippen LogP contribution in [0.1, 0.15) is 23.6 Å². The molecule has 3 rings (SSSR count). The van der Waals surface area contributed by atoms with Crippen molar-refractivity contribution in [3.8, 4) is 0 Å². The van der Waals surface area contributed by atoms with Gasteiger partial charge in [0.15, 0.2) is 5.09 Å². The molecule has 0 fully saturated rings. The molecule has 0 unspecified atom stereocenters. The molecule has 140 valence electrons. The van der Waals surface area contributed by atoms with Gasteiger partial charge in [0.25, 0.3) is 0 Å². The molecule has 0 bridgehead atoms. The summed E-state index contributed by atoms with van der Waals surface area (Å²) in [5.41, 5.74) is 3.83. The van der Waals surface area contributed by atoms with Gasteiger partial charge in [-0.15, -0.1) is 0 Å². The number of benzene rings is 3. The predicted molar refractivity (Wildman–Crippen MR) is 111 cm³/mol. The quantitative estimate of drug-likeness (QED) is 0.310. The molecule has 3 aromatic carbocycles. The number of rotatable bonds is 5. The molecular weight excluding hydrogens is 379 g/mol. The van der Waals surface area contributed by atoms with Crippen LogP contribution in [0.3, 0.4) is 0 Å². The zero-order valence-corrected chi connectivity index (χ0v) is 17.1. The van der Waals surface area contributed by atoms with Gasteiger partial charge >= 0.3 is 7.82 Å². The highest BCUT2D eigenvalue weighted by molar-refractivity contribution is 8.03. The van der Waals surface area contributed by atoms with Crippen LogP contribution in [0.25, 0.3) is 16.3 Å².